The van der Waals surface area contributed by atoms with Crippen LogP contribution >= 0.6 is 0 Å². The van der Waals surface area contributed by atoms with Crippen LogP contribution in [0.3, 0.4) is 0 Å². The molecule has 0 bridgehead atoms. The zero-order chi connectivity index (χ0) is 15.3. The highest BCUT2D eigenvalue weighted by Crippen LogP contribution is 2.21. The number of nitrogens with one attached hydrogen (secondary N) is 1. The number of hydrogen-bond acceptors (Lipinski definition) is 5. The minimum absolute atomic E-state index is 0.0117. The van der Waals surface area contributed by atoms with Gasteiger partial charge in [0.2, 0.25) is 0 Å². The monoisotopic (exact) mass is 301 g/mol. The van der Waals surface area contributed by atoms with Gasteiger partial charge in [-0.15, -0.1) is 0 Å². The molecule has 1 aromatic rings. The molecule has 0 aliphatic carbocycles. The molecule has 0 aliphatic heterocycles. The highest BCUT2D eigenvalue weighted by Gasteiger charge is 2.21. The maximum Gasteiger partial charge on any atom is 0.340 e. The summed E-state index contributed by atoms with van der Waals surface area (Å²) in [4.78, 5) is 25.8. The summed E-state index contributed by atoms with van der Waals surface area (Å²) >= 11 is 0. The molecular formula is C13H19NO5S. The molecular weight excluding hydrogens is 282 g/mol. The van der Waals surface area contributed by atoms with Crippen molar-refractivity contribution in [2.75, 3.05) is 18.6 Å². The molecule has 0 aliphatic rings. The van der Waals surface area contributed by atoms with Crippen molar-refractivity contribution < 1.29 is 22.7 Å². The van der Waals surface area contributed by atoms with Crippen molar-refractivity contribution in [2.45, 2.75) is 26.7 Å². The van der Waals surface area contributed by atoms with E-state index in [9.17, 15) is 18.0 Å². The summed E-state index contributed by atoms with van der Waals surface area (Å²) in [5.41, 5.74) is 1.72. The minimum Gasteiger partial charge on any atom is -0.462 e. The summed E-state index contributed by atoms with van der Waals surface area (Å²) in [6.07, 6.45) is 2.47. The number of aromatic amines is 1. The van der Waals surface area contributed by atoms with Gasteiger partial charge in [-0.25, -0.2) is 13.2 Å². The number of ether oxygens (including phenoxy) is 1. The lowest BCUT2D eigenvalue weighted by atomic mass is 10.0. The van der Waals surface area contributed by atoms with Crippen molar-refractivity contribution in [2.24, 2.45) is 0 Å². The van der Waals surface area contributed by atoms with Gasteiger partial charge in [0.25, 0.3) is 0 Å². The van der Waals surface area contributed by atoms with E-state index in [2.05, 4.69) is 4.98 Å². The summed E-state index contributed by atoms with van der Waals surface area (Å²) in [5.74, 6) is -0.485. The number of carbonyl (C=O) groups is 2. The van der Waals surface area contributed by atoms with Crippen LogP contribution in [0.4, 0.5) is 0 Å². The lowest BCUT2D eigenvalue weighted by molar-refractivity contribution is 0.0524. The number of aryl methyl sites for hydroxylation is 1. The summed E-state index contributed by atoms with van der Waals surface area (Å²) in [7, 11) is -3.07. The molecule has 112 valence electrons. The second kappa shape index (κ2) is 6.69. The third-order valence-corrected chi connectivity index (χ3v) is 3.89. The molecule has 0 saturated heterocycles. The highest BCUT2D eigenvalue weighted by molar-refractivity contribution is 7.90. The first-order valence-corrected chi connectivity index (χ1v) is 8.37. The van der Waals surface area contributed by atoms with Crippen molar-refractivity contribution in [3.8, 4) is 0 Å². The summed E-state index contributed by atoms with van der Waals surface area (Å²) in [5, 5.41) is 0. The number of rotatable bonds is 7. The highest BCUT2D eigenvalue weighted by atomic mass is 32.2. The SMILES string of the molecule is CCOC(=O)c1c(C)[nH]c(C=O)c1CCCS(C)(=O)=O. The van der Waals surface area contributed by atoms with Crippen LogP contribution in [0.25, 0.3) is 0 Å². The number of esters is 1. The predicted molar refractivity (Wildman–Crippen MR) is 74.9 cm³/mol. The Balaban J connectivity index is 3.02. The van der Waals surface area contributed by atoms with E-state index in [1.807, 2.05) is 0 Å². The summed E-state index contributed by atoms with van der Waals surface area (Å²) in [6.45, 7) is 3.62. The van der Waals surface area contributed by atoms with E-state index in [4.69, 9.17) is 4.74 Å². The van der Waals surface area contributed by atoms with E-state index in [1.54, 1.807) is 13.8 Å². The molecule has 0 fully saturated rings. The van der Waals surface area contributed by atoms with E-state index in [-0.39, 0.29) is 12.4 Å². The van der Waals surface area contributed by atoms with Crippen LogP contribution in [-0.2, 0) is 21.0 Å². The first kappa shape index (κ1) is 16.4. The Bertz CT molecular complexity index is 601. The van der Waals surface area contributed by atoms with E-state index >= 15 is 0 Å². The maximum absolute atomic E-state index is 11.9. The van der Waals surface area contributed by atoms with Crippen LogP contribution in [0.15, 0.2) is 0 Å². The van der Waals surface area contributed by atoms with Crippen LogP contribution in [0.1, 0.15) is 45.4 Å². The molecule has 0 spiro atoms. The first-order valence-electron chi connectivity index (χ1n) is 6.31. The van der Waals surface area contributed by atoms with E-state index in [0.717, 1.165) is 6.26 Å². The summed E-state index contributed by atoms with van der Waals surface area (Å²) < 4.78 is 27.2. The molecule has 0 amide bonds. The largest absolute Gasteiger partial charge is 0.462 e. The van der Waals surface area contributed by atoms with Gasteiger partial charge in [0.1, 0.15) is 9.84 Å². The number of carbonyl (C=O) groups excluding carboxylic acids is 2. The number of aromatic nitrogens is 1. The molecule has 1 aromatic heterocycles. The van der Waals surface area contributed by atoms with Crippen LogP contribution in [0, 0.1) is 6.92 Å². The average Bonchev–Trinajstić information content (AvgIpc) is 2.64. The third kappa shape index (κ3) is 4.19. The number of aldehydes is 1. The Morgan fingerprint density at radius 3 is 2.55 bits per heavy atom. The standard InChI is InChI=1S/C13H19NO5S/c1-4-19-13(16)12-9(2)14-11(8-15)10(12)6-5-7-20(3,17)18/h8,14H,4-7H2,1-3H3. The van der Waals surface area contributed by atoms with Gasteiger partial charge in [-0.05, 0) is 32.3 Å². The fraction of sp³-hybridized carbons (Fsp3) is 0.538. The molecule has 1 rings (SSSR count). The van der Waals surface area contributed by atoms with Gasteiger partial charge < -0.3 is 9.72 Å². The lowest BCUT2D eigenvalue weighted by Gasteiger charge is -2.05. The molecule has 0 saturated carbocycles. The first-order chi connectivity index (χ1) is 9.30. The molecule has 1 N–H and O–H groups in total. The van der Waals surface area contributed by atoms with Crippen LogP contribution < -0.4 is 0 Å². The van der Waals surface area contributed by atoms with Crippen LogP contribution in [0.2, 0.25) is 0 Å². The fourth-order valence-corrected chi connectivity index (χ4v) is 2.72. The van der Waals surface area contributed by atoms with Gasteiger partial charge in [0, 0.05) is 11.9 Å². The molecule has 20 heavy (non-hydrogen) atoms. The van der Waals surface area contributed by atoms with Gasteiger partial charge >= 0.3 is 5.97 Å². The maximum atomic E-state index is 11.9. The van der Waals surface area contributed by atoms with Crippen LogP contribution in [-0.4, -0.2) is 44.3 Å². The molecule has 0 unspecified atom stereocenters. The fourth-order valence-electron chi connectivity index (χ4n) is 2.05. The van der Waals surface area contributed by atoms with E-state index in [1.165, 1.54) is 0 Å². The Morgan fingerprint density at radius 1 is 1.40 bits per heavy atom. The van der Waals surface area contributed by atoms with Crippen molar-refractivity contribution in [3.05, 3.63) is 22.5 Å². The zero-order valence-electron chi connectivity index (χ0n) is 11.9. The second-order valence-corrected chi connectivity index (χ2v) is 6.85. The molecule has 0 radical (unpaired) electrons. The van der Waals surface area contributed by atoms with E-state index < -0.39 is 15.8 Å². The van der Waals surface area contributed by atoms with Crippen LogP contribution in [0.5, 0.6) is 0 Å². The smallest absolute Gasteiger partial charge is 0.340 e. The molecule has 0 atom stereocenters. The average molecular weight is 301 g/mol. The molecule has 6 nitrogen and oxygen atoms in total. The Hall–Kier alpha value is -1.63. The topological polar surface area (TPSA) is 93.3 Å². The zero-order valence-corrected chi connectivity index (χ0v) is 12.7. The summed E-state index contributed by atoms with van der Waals surface area (Å²) in [6, 6.07) is 0. The van der Waals surface area contributed by atoms with Gasteiger partial charge in [0.05, 0.1) is 23.6 Å². The Morgan fingerprint density at radius 2 is 2.05 bits per heavy atom. The van der Waals surface area contributed by atoms with Crippen molar-refractivity contribution >= 4 is 22.1 Å². The predicted octanol–water partition coefficient (Wildman–Crippen LogP) is 1.29. The quantitative estimate of drug-likeness (QED) is 0.605. The van der Waals surface area contributed by atoms with Gasteiger partial charge in [-0.3, -0.25) is 4.79 Å². The third-order valence-electron chi connectivity index (χ3n) is 2.86. The molecule has 1 heterocycles. The molecule has 7 heteroatoms. The van der Waals surface area contributed by atoms with Gasteiger partial charge in [0.15, 0.2) is 6.29 Å². The number of H-pyrrole nitrogens is 1. The molecule has 0 aromatic carbocycles. The normalized spacial score (nSPS) is 11.3. The number of sulfone groups is 1. The van der Waals surface area contributed by atoms with Gasteiger partial charge in [-0.2, -0.15) is 0 Å². The Kier molecular flexibility index (Phi) is 5.50. The van der Waals surface area contributed by atoms with Crippen molar-refractivity contribution in [1.82, 2.24) is 4.98 Å². The van der Waals surface area contributed by atoms with E-state index in [0.29, 0.717) is 41.6 Å². The van der Waals surface area contributed by atoms with Gasteiger partial charge in [-0.1, -0.05) is 0 Å². The number of hydrogen-bond donors (Lipinski definition) is 1. The second-order valence-electron chi connectivity index (χ2n) is 4.59. The lowest BCUT2D eigenvalue weighted by Crippen LogP contribution is -2.10. The minimum atomic E-state index is -3.07. The Labute approximate surface area is 118 Å². The van der Waals surface area contributed by atoms with Crippen molar-refractivity contribution in [3.63, 3.8) is 0 Å². The van der Waals surface area contributed by atoms with Crippen molar-refractivity contribution in [1.29, 1.82) is 0 Å².